The minimum Gasteiger partial charge on any atom is -0.456 e. The number of carbonyl (C=O) groups excluding carboxylic acids is 3. The van der Waals surface area contributed by atoms with Crippen molar-refractivity contribution in [3.63, 3.8) is 0 Å². The Balaban J connectivity index is 1.69. The number of amides is 1. The molecular formula is C16H15BrFNO4S. The Morgan fingerprint density at radius 1 is 1.33 bits per heavy atom. The number of hydrogen-bond donors (Lipinski definition) is 0. The molecule has 0 N–H and O–H groups in total. The van der Waals surface area contributed by atoms with Gasteiger partial charge in [-0.2, -0.15) is 0 Å². The summed E-state index contributed by atoms with van der Waals surface area (Å²) in [6, 6.07) is 7.54. The van der Waals surface area contributed by atoms with Crippen LogP contribution in [0.15, 0.2) is 30.3 Å². The molecule has 128 valence electrons. The minimum absolute atomic E-state index is 0.334. The summed E-state index contributed by atoms with van der Waals surface area (Å²) in [7, 11) is 0. The van der Waals surface area contributed by atoms with Crippen LogP contribution in [0.4, 0.5) is 4.39 Å². The van der Waals surface area contributed by atoms with Crippen LogP contribution in [-0.4, -0.2) is 49.9 Å². The van der Waals surface area contributed by atoms with E-state index in [9.17, 15) is 18.8 Å². The SMILES string of the molecule is CC1(C)S[C@H]2N(C(=O)[C@]2(F)Br)[C@H]1C(=O)OCC(=O)c1ccccc1. The Kier molecular flexibility index (Phi) is 4.24. The van der Waals surface area contributed by atoms with E-state index >= 15 is 0 Å². The molecule has 3 atom stereocenters. The van der Waals surface area contributed by atoms with Gasteiger partial charge in [0.05, 0.1) is 0 Å². The monoisotopic (exact) mass is 415 g/mol. The molecule has 1 aromatic carbocycles. The fourth-order valence-electron chi connectivity index (χ4n) is 2.88. The average Bonchev–Trinajstić information content (AvgIpc) is 2.83. The highest BCUT2D eigenvalue weighted by Crippen LogP contribution is 2.58. The summed E-state index contributed by atoms with van der Waals surface area (Å²) < 4.78 is 16.4. The number of Topliss-reactive ketones (excluding diaryl/α,β-unsaturated/α-hetero) is 1. The smallest absolute Gasteiger partial charge is 0.330 e. The van der Waals surface area contributed by atoms with Gasteiger partial charge in [0.1, 0.15) is 11.4 Å². The van der Waals surface area contributed by atoms with Crippen LogP contribution in [0.5, 0.6) is 0 Å². The molecule has 0 spiro atoms. The number of ketones is 1. The van der Waals surface area contributed by atoms with E-state index in [1.54, 1.807) is 44.2 Å². The number of thioether (sulfide) groups is 1. The third kappa shape index (κ3) is 2.65. The highest BCUT2D eigenvalue weighted by molar-refractivity contribution is 9.10. The Morgan fingerprint density at radius 2 is 1.96 bits per heavy atom. The summed E-state index contributed by atoms with van der Waals surface area (Å²) >= 11 is 3.97. The van der Waals surface area contributed by atoms with Gasteiger partial charge < -0.3 is 9.64 Å². The van der Waals surface area contributed by atoms with E-state index in [-0.39, 0.29) is 5.78 Å². The Hall–Kier alpha value is -1.41. The normalized spacial score (nSPS) is 30.5. The predicted octanol–water partition coefficient (Wildman–Crippen LogP) is 2.54. The summed E-state index contributed by atoms with van der Waals surface area (Å²) in [6.45, 7) is 3.08. The van der Waals surface area contributed by atoms with E-state index < -0.39 is 39.2 Å². The van der Waals surface area contributed by atoms with Crippen LogP contribution in [0.2, 0.25) is 0 Å². The molecule has 2 aliphatic rings. The lowest BCUT2D eigenvalue weighted by Crippen LogP contribution is -2.69. The number of fused-ring (bicyclic) bond motifs is 1. The van der Waals surface area contributed by atoms with Crippen LogP contribution in [0.3, 0.4) is 0 Å². The zero-order valence-corrected chi connectivity index (χ0v) is 15.4. The van der Waals surface area contributed by atoms with Gasteiger partial charge in [0.25, 0.3) is 10.5 Å². The number of esters is 1. The summed E-state index contributed by atoms with van der Waals surface area (Å²) in [4.78, 5) is 37.6. The highest BCUT2D eigenvalue weighted by atomic mass is 79.9. The molecule has 8 heteroatoms. The average molecular weight is 416 g/mol. The zero-order valence-electron chi connectivity index (χ0n) is 13.0. The number of benzene rings is 1. The lowest BCUT2D eigenvalue weighted by atomic mass is 9.97. The molecule has 0 bridgehead atoms. The van der Waals surface area contributed by atoms with Gasteiger partial charge in [-0.3, -0.25) is 9.59 Å². The van der Waals surface area contributed by atoms with Gasteiger partial charge in [-0.1, -0.05) is 30.3 Å². The van der Waals surface area contributed by atoms with E-state index in [0.29, 0.717) is 5.56 Å². The molecule has 5 nitrogen and oxygen atoms in total. The number of nitrogens with zero attached hydrogens (tertiary/aromatic N) is 1. The van der Waals surface area contributed by atoms with Crippen molar-refractivity contribution in [2.75, 3.05) is 6.61 Å². The zero-order chi connectivity index (χ0) is 17.7. The molecule has 1 aromatic rings. The van der Waals surface area contributed by atoms with Crippen molar-refractivity contribution in [1.82, 2.24) is 4.90 Å². The minimum atomic E-state index is -2.15. The van der Waals surface area contributed by atoms with Crippen LogP contribution >= 0.6 is 27.7 Å². The van der Waals surface area contributed by atoms with Crippen molar-refractivity contribution in [2.45, 2.75) is 34.6 Å². The van der Waals surface area contributed by atoms with Crippen molar-refractivity contribution in [3.8, 4) is 0 Å². The van der Waals surface area contributed by atoms with E-state index in [1.807, 2.05) is 0 Å². The Labute approximate surface area is 151 Å². The molecule has 2 saturated heterocycles. The first-order valence-corrected chi connectivity index (χ1v) is 8.97. The molecule has 0 radical (unpaired) electrons. The molecule has 1 amide bonds. The number of carbonyl (C=O) groups is 3. The third-order valence-electron chi connectivity index (χ3n) is 4.10. The maximum Gasteiger partial charge on any atom is 0.330 e. The first-order valence-electron chi connectivity index (χ1n) is 7.29. The van der Waals surface area contributed by atoms with Crippen LogP contribution in [-0.2, 0) is 14.3 Å². The number of β-lactam (4-membered cyclic amide) rings is 1. The molecule has 0 unspecified atom stereocenters. The van der Waals surface area contributed by atoms with Crippen LogP contribution in [0.25, 0.3) is 0 Å². The van der Waals surface area contributed by atoms with Crippen LogP contribution in [0.1, 0.15) is 24.2 Å². The van der Waals surface area contributed by atoms with E-state index in [2.05, 4.69) is 15.9 Å². The first-order chi connectivity index (χ1) is 11.2. The standard InChI is InChI=1S/C16H15BrFNO4S/c1-15(2)11(19-13(22)16(17,18)14(19)24-15)12(21)23-8-10(20)9-6-4-3-5-7-9/h3-7,11,14H,8H2,1-2H3/t11-,14+,16+/m0/s1. The van der Waals surface area contributed by atoms with Crippen molar-refractivity contribution >= 4 is 45.4 Å². The van der Waals surface area contributed by atoms with Gasteiger partial charge in [0, 0.05) is 10.3 Å². The van der Waals surface area contributed by atoms with Gasteiger partial charge in [0.15, 0.2) is 12.4 Å². The van der Waals surface area contributed by atoms with Gasteiger partial charge >= 0.3 is 5.97 Å². The maximum atomic E-state index is 14.2. The number of halogens is 2. The lowest BCUT2D eigenvalue weighted by Gasteiger charge is -2.44. The van der Waals surface area contributed by atoms with E-state index in [1.165, 1.54) is 16.7 Å². The Bertz CT molecular complexity index is 709. The second-order valence-electron chi connectivity index (χ2n) is 6.21. The molecule has 0 saturated carbocycles. The lowest BCUT2D eigenvalue weighted by molar-refractivity contribution is -0.168. The molecule has 24 heavy (non-hydrogen) atoms. The molecule has 0 aromatic heterocycles. The van der Waals surface area contributed by atoms with E-state index in [4.69, 9.17) is 4.74 Å². The highest BCUT2D eigenvalue weighted by Gasteiger charge is 2.72. The van der Waals surface area contributed by atoms with Gasteiger partial charge in [-0.25, -0.2) is 9.18 Å². The van der Waals surface area contributed by atoms with Crippen molar-refractivity contribution in [1.29, 1.82) is 0 Å². The number of ether oxygens (including phenoxy) is 1. The number of alkyl halides is 2. The first kappa shape index (κ1) is 17.4. The molecular weight excluding hydrogens is 401 g/mol. The van der Waals surface area contributed by atoms with Crippen LogP contribution < -0.4 is 0 Å². The summed E-state index contributed by atoms with van der Waals surface area (Å²) in [5.41, 5.74) is 0.437. The topological polar surface area (TPSA) is 63.7 Å². The van der Waals surface area contributed by atoms with Crippen molar-refractivity contribution in [3.05, 3.63) is 35.9 Å². The second-order valence-corrected chi connectivity index (χ2v) is 9.10. The molecule has 2 aliphatic heterocycles. The van der Waals surface area contributed by atoms with Gasteiger partial charge in [-0.15, -0.1) is 11.8 Å². The number of rotatable bonds is 4. The fourth-order valence-corrected chi connectivity index (χ4v) is 5.08. The van der Waals surface area contributed by atoms with E-state index in [0.717, 1.165) is 0 Å². The van der Waals surface area contributed by atoms with Crippen molar-refractivity contribution < 1.29 is 23.5 Å². The summed E-state index contributed by atoms with van der Waals surface area (Å²) in [6.07, 6.45) is 0. The third-order valence-corrected chi connectivity index (χ3v) is 6.78. The number of hydrogen-bond acceptors (Lipinski definition) is 5. The van der Waals surface area contributed by atoms with Crippen molar-refractivity contribution in [2.24, 2.45) is 0 Å². The van der Waals surface area contributed by atoms with Gasteiger partial charge in [0.2, 0.25) is 0 Å². The quantitative estimate of drug-likeness (QED) is 0.327. The van der Waals surface area contributed by atoms with Gasteiger partial charge in [-0.05, 0) is 29.8 Å². The fraction of sp³-hybridized carbons (Fsp3) is 0.438. The predicted molar refractivity (Wildman–Crippen MR) is 90.6 cm³/mol. The Morgan fingerprint density at radius 3 is 2.58 bits per heavy atom. The summed E-state index contributed by atoms with van der Waals surface area (Å²) in [5, 5.41) is -0.776. The largest absolute Gasteiger partial charge is 0.456 e. The van der Waals surface area contributed by atoms with Crippen LogP contribution in [0, 0.1) is 0 Å². The molecule has 2 fully saturated rings. The molecule has 2 heterocycles. The summed E-state index contributed by atoms with van der Waals surface area (Å²) in [5.74, 6) is -1.82. The molecule has 3 rings (SSSR count). The maximum absolute atomic E-state index is 14.2. The molecule has 0 aliphatic carbocycles. The second kappa shape index (κ2) is 5.84.